The lowest BCUT2D eigenvalue weighted by atomic mass is 10.0. The minimum Gasteiger partial charge on any atom is -0.304 e. The van der Waals surface area contributed by atoms with Gasteiger partial charge in [0, 0.05) is 18.3 Å². The summed E-state index contributed by atoms with van der Waals surface area (Å²) in [5.41, 5.74) is 0.902. The van der Waals surface area contributed by atoms with Crippen molar-refractivity contribution in [2.45, 2.75) is 38.3 Å². The van der Waals surface area contributed by atoms with E-state index < -0.39 is 0 Å². The summed E-state index contributed by atoms with van der Waals surface area (Å²) in [6.45, 7) is 2.04. The second-order valence-corrected chi connectivity index (χ2v) is 4.29. The molecule has 0 fully saturated rings. The summed E-state index contributed by atoms with van der Waals surface area (Å²) in [6, 6.07) is 2.08. The maximum atomic E-state index is 13.0. The molecule has 1 aromatic rings. The molecule has 0 amide bonds. The highest BCUT2D eigenvalue weighted by molar-refractivity contribution is 5.15. The van der Waals surface area contributed by atoms with Crippen LogP contribution >= 0.6 is 0 Å². The van der Waals surface area contributed by atoms with E-state index in [2.05, 4.69) is 22.5 Å². The molecule has 0 aliphatic heterocycles. The standard InChI is InChI=1S/C13H17FN2/c1-10(11-7-12(14)9-15-8-11)16-13-5-3-2-4-6-13/h3,5,7-10,13,16H,2,4,6H2,1H3. The Kier molecular flexibility index (Phi) is 3.67. The van der Waals surface area contributed by atoms with E-state index >= 15 is 0 Å². The predicted molar refractivity (Wildman–Crippen MR) is 62.5 cm³/mol. The van der Waals surface area contributed by atoms with Crippen LogP contribution in [0.2, 0.25) is 0 Å². The van der Waals surface area contributed by atoms with E-state index in [1.165, 1.54) is 25.1 Å². The van der Waals surface area contributed by atoms with Crippen molar-refractivity contribution >= 4 is 0 Å². The summed E-state index contributed by atoms with van der Waals surface area (Å²) >= 11 is 0. The first-order chi connectivity index (χ1) is 7.75. The molecule has 0 aromatic carbocycles. The van der Waals surface area contributed by atoms with Crippen LogP contribution in [-0.2, 0) is 0 Å². The fraction of sp³-hybridized carbons (Fsp3) is 0.462. The van der Waals surface area contributed by atoms with Crippen LogP contribution in [0.15, 0.2) is 30.6 Å². The summed E-state index contributed by atoms with van der Waals surface area (Å²) in [5, 5.41) is 3.47. The molecule has 2 nitrogen and oxygen atoms in total. The molecule has 2 unspecified atom stereocenters. The van der Waals surface area contributed by atoms with Gasteiger partial charge in [-0.05, 0) is 37.8 Å². The zero-order valence-electron chi connectivity index (χ0n) is 9.49. The monoisotopic (exact) mass is 220 g/mol. The Bertz CT molecular complexity index is 376. The third kappa shape index (κ3) is 2.89. The molecule has 1 aromatic heterocycles. The van der Waals surface area contributed by atoms with Crippen molar-refractivity contribution in [3.8, 4) is 0 Å². The lowest BCUT2D eigenvalue weighted by Gasteiger charge is -2.23. The van der Waals surface area contributed by atoms with Gasteiger partial charge in [0.2, 0.25) is 0 Å². The number of hydrogen-bond donors (Lipinski definition) is 1. The van der Waals surface area contributed by atoms with Crippen molar-refractivity contribution in [1.29, 1.82) is 0 Å². The molecule has 1 aliphatic carbocycles. The Morgan fingerprint density at radius 3 is 3.06 bits per heavy atom. The molecule has 2 rings (SSSR count). The van der Waals surface area contributed by atoms with E-state index in [0.29, 0.717) is 6.04 Å². The summed E-state index contributed by atoms with van der Waals surface area (Å²) in [4.78, 5) is 3.87. The van der Waals surface area contributed by atoms with Gasteiger partial charge in [-0.15, -0.1) is 0 Å². The molecule has 0 bridgehead atoms. The first-order valence-corrected chi connectivity index (χ1v) is 5.79. The van der Waals surface area contributed by atoms with Crippen molar-refractivity contribution in [3.05, 3.63) is 42.0 Å². The number of allylic oxidation sites excluding steroid dienone is 1. The number of aromatic nitrogens is 1. The number of nitrogens with one attached hydrogen (secondary N) is 1. The van der Waals surface area contributed by atoms with Crippen LogP contribution < -0.4 is 5.32 Å². The molecule has 1 heterocycles. The van der Waals surface area contributed by atoms with E-state index in [1.54, 1.807) is 6.20 Å². The maximum Gasteiger partial charge on any atom is 0.141 e. The molecule has 1 aliphatic rings. The molecule has 0 spiro atoms. The topological polar surface area (TPSA) is 24.9 Å². The minimum atomic E-state index is -0.273. The van der Waals surface area contributed by atoms with Gasteiger partial charge < -0.3 is 5.32 Å². The molecule has 0 saturated carbocycles. The Balaban J connectivity index is 1.99. The van der Waals surface area contributed by atoms with Crippen molar-refractivity contribution in [2.75, 3.05) is 0 Å². The van der Waals surface area contributed by atoms with Gasteiger partial charge >= 0.3 is 0 Å². The van der Waals surface area contributed by atoms with Crippen molar-refractivity contribution in [3.63, 3.8) is 0 Å². The summed E-state index contributed by atoms with van der Waals surface area (Å²) < 4.78 is 13.0. The van der Waals surface area contributed by atoms with Gasteiger partial charge in [-0.25, -0.2) is 4.39 Å². The summed E-state index contributed by atoms with van der Waals surface area (Å²) in [5.74, 6) is -0.273. The molecular weight excluding hydrogens is 203 g/mol. The van der Waals surface area contributed by atoms with Crippen molar-refractivity contribution < 1.29 is 4.39 Å². The van der Waals surface area contributed by atoms with Crippen LogP contribution in [-0.4, -0.2) is 11.0 Å². The molecule has 16 heavy (non-hydrogen) atoms. The first-order valence-electron chi connectivity index (χ1n) is 5.79. The largest absolute Gasteiger partial charge is 0.304 e. The normalized spacial score (nSPS) is 22.0. The molecule has 86 valence electrons. The minimum absolute atomic E-state index is 0.135. The van der Waals surface area contributed by atoms with Crippen LogP contribution in [0.1, 0.15) is 37.8 Å². The average molecular weight is 220 g/mol. The average Bonchev–Trinajstić information content (AvgIpc) is 2.30. The number of rotatable bonds is 3. The summed E-state index contributed by atoms with van der Waals surface area (Å²) in [7, 11) is 0. The van der Waals surface area contributed by atoms with Crippen molar-refractivity contribution in [2.24, 2.45) is 0 Å². The van der Waals surface area contributed by atoms with Gasteiger partial charge in [-0.3, -0.25) is 4.98 Å². The molecule has 3 heteroatoms. The Morgan fingerprint density at radius 1 is 1.50 bits per heavy atom. The molecule has 0 saturated heterocycles. The van der Waals surface area contributed by atoms with Gasteiger partial charge in [0.15, 0.2) is 0 Å². The first kappa shape index (κ1) is 11.3. The fourth-order valence-corrected chi connectivity index (χ4v) is 2.03. The second-order valence-electron chi connectivity index (χ2n) is 4.29. The van der Waals surface area contributed by atoms with Gasteiger partial charge in [0.25, 0.3) is 0 Å². The third-order valence-electron chi connectivity index (χ3n) is 2.94. The highest BCUT2D eigenvalue weighted by Gasteiger charge is 2.13. The SMILES string of the molecule is CC(NC1C=CCCC1)c1cncc(F)c1. The quantitative estimate of drug-likeness (QED) is 0.792. The number of pyridine rings is 1. The molecule has 1 N–H and O–H groups in total. The van der Waals surface area contributed by atoms with Crippen LogP contribution in [0.5, 0.6) is 0 Å². The third-order valence-corrected chi connectivity index (χ3v) is 2.94. The van der Waals surface area contributed by atoms with Gasteiger partial charge in [-0.1, -0.05) is 12.2 Å². The second kappa shape index (κ2) is 5.21. The number of hydrogen-bond acceptors (Lipinski definition) is 2. The summed E-state index contributed by atoms with van der Waals surface area (Å²) in [6.07, 6.45) is 10.9. The van der Waals surface area contributed by atoms with E-state index in [-0.39, 0.29) is 11.9 Å². The fourth-order valence-electron chi connectivity index (χ4n) is 2.03. The highest BCUT2D eigenvalue weighted by Crippen LogP contribution is 2.17. The van der Waals surface area contributed by atoms with Gasteiger partial charge in [0.1, 0.15) is 5.82 Å². The predicted octanol–water partition coefficient (Wildman–Crippen LogP) is 2.98. The molecular formula is C13H17FN2. The van der Waals surface area contributed by atoms with E-state index in [4.69, 9.17) is 0 Å². The zero-order valence-corrected chi connectivity index (χ0v) is 9.49. The zero-order chi connectivity index (χ0) is 11.4. The highest BCUT2D eigenvalue weighted by atomic mass is 19.1. The maximum absolute atomic E-state index is 13.0. The van der Waals surface area contributed by atoms with Crippen molar-refractivity contribution in [1.82, 2.24) is 10.3 Å². The lowest BCUT2D eigenvalue weighted by Crippen LogP contribution is -2.31. The number of nitrogens with zero attached hydrogens (tertiary/aromatic N) is 1. The van der Waals surface area contributed by atoms with Gasteiger partial charge in [0.05, 0.1) is 6.20 Å². The lowest BCUT2D eigenvalue weighted by molar-refractivity contribution is 0.465. The van der Waals surface area contributed by atoms with Crippen LogP contribution in [0.25, 0.3) is 0 Å². The Hall–Kier alpha value is -1.22. The van der Waals surface area contributed by atoms with E-state index in [9.17, 15) is 4.39 Å². The van der Waals surface area contributed by atoms with Gasteiger partial charge in [-0.2, -0.15) is 0 Å². The van der Waals surface area contributed by atoms with Crippen LogP contribution in [0.4, 0.5) is 4.39 Å². The van der Waals surface area contributed by atoms with E-state index in [0.717, 1.165) is 12.0 Å². The Morgan fingerprint density at radius 2 is 2.38 bits per heavy atom. The number of halogens is 1. The van der Waals surface area contributed by atoms with Crippen LogP contribution in [0.3, 0.4) is 0 Å². The smallest absolute Gasteiger partial charge is 0.141 e. The van der Waals surface area contributed by atoms with E-state index in [1.807, 2.05) is 6.92 Å². The molecule has 0 radical (unpaired) electrons. The Labute approximate surface area is 95.6 Å². The molecule has 2 atom stereocenters. The van der Waals surface area contributed by atoms with Crippen LogP contribution in [0, 0.1) is 5.82 Å².